The number of hydrogen-bond donors (Lipinski definition) is 0. The molecule has 0 bridgehead atoms. The van der Waals surface area contributed by atoms with E-state index in [1.807, 2.05) is 19.0 Å². The van der Waals surface area contributed by atoms with Crippen LogP contribution in [0.4, 0.5) is 0 Å². The second-order valence-corrected chi connectivity index (χ2v) is 9.29. The standard InChI is InChI=1S/C25H34N4O/c1-18-8-5-6-11-22(18)25-23-16-28(13-12-21-10-7-9-19(2)26-21)14-20(23)15-29(25)24(30)17-27(3)4/h5-11,20,23,25H,12-17H2,1-4H3/t20-,23-,25+/m1/s1. The molecular formula is C25H34N4O. The summed E-state index contributed by atoms with van der Waals surface area (Å²) in [5.74, 6) is 1.30. The van der Waals surface area contributed by atoms with E-state index >= 15 is 0 Å². The number of rotatable bonds is 6. The van der Waals surface area contributed by atoms with Gasteiger partial charge in [-0.2, -0.15) is 0 Å². The summed E-state index contributed by atoms with van der Waals surface area (Å²) in [6, 6.07) is 15.1. The Morgan fingerprint density at radius 3 is 2.60 bits per heavy atom. The molecule has 0 N–H and O–H groups in total. The van der Waals surface area contributed by atoms with Crippen LogP contribution in [-0.4, -0.2) is 72.4 Å². The van der Waals surface area contributed by atoms with Crippen molar-refractivity contribution >= 4 is 5.91 Å². The van der Waals surface area contributed by atoms with Gasteiger partial charge in [0.05, 0.1) is 12.6 Å². The van der Waals surface area contributed by atoms with Crippen LogP contribution in [0.5, 0.6) is 0 Å². The first-order valence-electron chi connectivity index (χ1n) is 11.1. The molecule has 2 aliphatic rings. The van der Waals surface area contributed by atoms with Crippen LogP contribution in [0.25, 0.3) is 0 Å². The lowest BCUT2D eigenvalue weighted by molar-refractivity contribution is -0.133. The maximum Gasteiger partial charge on any atom is 0.237 e. The number of likely N-dealkylation sites (tertiary alicyclic amines) is 2. The number of carbonyl (C=O) groups is 1. The van der Waals surface area contributed by atoms with Crippen molar-refractivity contribution in [3.05, 3.63) is 65.0 Å². The van der Waals surface area contributed by atoms with E-state index in [0.29, 0.717) is 18.4 Å². The summed E-state index contributed by atoms with van der Waals surface area (Å²) in [5, 5.41) is 0. The average Bonchev–Trinajstić information content (AvgIpc) is 3.24. The molecule has 5 heteroatoms. The summed E-state index contributed by atoms with van der Waals surface area (Å²) < 4.78 is 0. The molecule has 0 radical (unpaired) electrons. The SMILES string of the molecule is Cc1cccc(CCN2C[C@@H]3CN(C(=O)CN(C)C)[C@@H](c4ccccc4C)[C@@H]3C2)n1. The number of aryl methyl sites for hydroxylation is 2. The summed E-state index contributed by atoms with van der Waals surface area (Å²) in [4.78, 5) is 24.5. The first kappa shape index (κ1) is 21.0. The molecule has 2 saturated heterocycles. The zero-order valence-corrected chi connectivity index (χ0v) is 18.7. The van der Waals surface area contributed by atoms with Gasteiger partial charge in [0, 0.05) is 49.9 Å². The maximum atomic E-state index is 13.1. The topological polar surface area (TPSA) is 39.7 Å². The number of aromatic nitrogens is 1. The quantitative estimate of drug-likeness (QED) is 0.740. The third kappa shape index (κ3) is 4.42. The number of nitrogens with zero attached hydrogens (tertiary/aromatic N) is 4. The van der Waals surface area contributed by atoms with Crippen molar-refractivity contribution in [3.8, 4) is 0 Å². The van der Waals surface area contributed by atoms with Crippen LogP contribution in [0.2, 0.25) is 0 Å². The van der Waals surface area contributed by atoms with Gasteiger partial charge in [-0.25, -0.2) is 0 Å². The van der Waals surface area contributed by atoms with Crippen LogP contribution in [0.15, 0.2) is 42.5 Å². The monoisotopic (exact) mass is 406 g/mol. The summed E-state index contributed by atoms with van der Waals surface area (Å²) in [6.45, 7) is 8.74. The van der Waals surface area contributed by atoms with Crippen molar-refractivity contribution in [2.24, 2.45) is 11.8 Å². The molecule has 1 aromatic heterocycles. The molecule has 4 rings (SSSR count). The Kier molecular flexibility index (Phi) is 6.21. The highest BCUT2D eigenvalue weighted by Gasteiger charge is 2.49. The third-order valence-electron chi connectivity index (χ3n) is 6.65. The predicted octanol–water partition coefficient (Wildman–Crippen LogP) is 2.93. The van der Waals surface area contributed by atoms with Gasteiger partial charge in [0.1, 0.15) is 0 Å². The first-order valence-corrected chi connectivity index (χ1v) is 11.1. The van der Waals surface area contributed by atoms with Crippen molar-refractivity contribution in [3.63, 3.8) is 0 Å². The van der Waals surface area contributed by atoms with Crippen molar-refractivity contribution in [2.75, 3.05) is 46.8 Å². The fourth-order valence-electron chi connectivity index (χ4n) is 5.27. The maximum absolute atomic E-state index is 13.1. The fraction of sp³-hybridized carbons (Fsp3) is 0.520. The highest BCUT2D eigenvalue weighted by Crippen LogP contribution is 2.45. The van der Waals surface area contributed by atoms with Gasteiger partial charge in [0.15, 0.2) is 0 Å². The number of pyridine rings is 1. The fourth-order valence-corrected chi connectivity index (χ4v) is 5.27. The Morgan fingerprint density at radius 1 is 1.07 bits per heavy atom. The molecule has 3 heterocycles. The normalized spacial score (nSPS) is 23.9. The van der Waals surface area contributed by atoms with Crippen molar-refractivity contribution in [2.45, 2.75) is 26.3 Å². The van der Waals surface area contributed by atoms with E-state index in [4.69, 9.17) is 0 Å². The van der Waals surface area contributed by atoms with Gasteiger partial charge in [-0.3, -0.25) is 9.78 Å². The Hall–Kier alpha value is -2.24. The van der Waals surface area contributed by atoms with Crippen molar-refractivity contribution in [1.82, 2.24) is 19.7 Å². The summed E-state index contributed by atoms with van der Waals surface area (Å²) in [7, 11) is 3.94. The lowest BCUT2D eigenvalue weighted by Gasteiger charge is -2.31. The molecule has 160 valence electrons. The van der Waals surface area contributed by atoms with Crippen LogP contribution in [-0.2, 0) is 11.2 Å². The summed E-state index contributed by atoms with van der Waals surface area (Å²) in [6.07, 6.45) is 0.986. The largest absolute Gasteiger partial charge is 0.334 e. The van der Waals surface area contributed by atoms with Gasteiger partial charge < -0.3 is 14.7 Å². The second kappa shape index (κ2) is 8.86. The number of carbonyl (C=O) groups excluding carboxylic acids is 1. The Morgan fingerprint density at radius 2 is 1.87 bits per heavy atom. The van der Waals surface area contributed by atoms with E-state index in [-0.39, 0.29) is 11.9 Å². The van der Waals surface area contributed by atoms with E-state index < -0.39 is 0 Å². The summed E-state index contributed by atoms with van der Waals surface area (Å²) >= 11 is 0. The van der Waals surface area contributed by atoms with Gasteiger partial charge >= 0.3 is 0 Å². The van der Waals surface area contributed by atoms with E-state index in [2.05, 4.69) is 71.1 Å². The Bertz CT molecular complexity index is 896. The molecule has 0 spiro atoms. The number of benzene rings is 1. The minimum Gasteiger partial charge on any atom is -0.334 e. The van der Waals surface area contributed by atoms with Gasteiger partial charge in [-0.15, -0.1) is 0 Å². The van der Waals surface area contributed by atoms with E-state index in [9.17, 15) is 4.79 Å². The number of hydrogen-bond acceptors (Lipinski definition) is 4. The van der Waals surface area contributed by atoms with E-state index in [0.717, 1.165) is 38.3 Å². The van der Waals surface area contributed by atoms with Gasteiger partial charge in [0.25, 0.3) is 0 Å². The predicted molar refractivity (Wildman–Crippen MR) is 120 cm³/mol. The average molecular weight is 407 g/mol. The Labute approximate surface area is 180 Å². The van der Waals surface area contributed by atoms with Gasteiger partial charge in [-0.1, -0.05) is 30.3 Å². The lowest BCUT2D eigenvalue weighted by atomic mass is 9.87. The van der Waals surface area contributed by atoms with Crippen LogP contribution in [0.1, 0.15) is 28.6 Å². The van der Waals surface area contributed by atoms with Crippen LogP contribution in [0, 0.1) is 25.7 Å². The number of likely N-dealkylation sites (N-methyl/N-ethyl adjacent to an activating group) is 1. The first-order chi connectivity index (χ1) is 14.4. The minimum atomic E-state index is 0.186. The molecule has 0 aliphatic carbocycles. The Balaban J connectivity index is 1.50. The van der Waals surface area contributed by atoms with E-state index in [1.54, 1.807) is 0 Å². The molecular weight excluding hydrogens is 372 g/mol. The van der Waals surface area contributed by atoms with Crippen molar-refractivity contribution < 1.29 is 4.79 Å². The molecule has 5 nitrogen and oxygen atoms in total. The summed E-state index contributed by atoms with van der Waals surface area (Å²) in [5.41, 5.74) is 4.86. The minimum absolute atomic E-state index is 0.186. The zero-order valence-electron chi connectivity index (χ0n) is 18.7. The third-order valence-corrected chi connectivity index (χ3v) is 6.65. The number of amides is 1. The highest BCUT2D eigenvalue weighted by molar-refractivity contribution is 5.79. The van der Waals surface area contributed by atoms with Gasteiger partial charge in [0.2, 0.25) is 5.91 Å². The van der Waals surface area contributed by atoms with Crippen LogP contribution < -0.4 is 0 Å². The smallest absolute Gasteiger partial charge is 0.237 e. The van der Waals surface area contributed by atoms with Crippen LogP contribution >= 0.6 is 0 Å². The molecule has 1 aromatic carbocycles. The molecule has 1 amide bonds. The molecule has 2 aromatic rings. The second-order valence-electron chi connectivity index (χ2n) is 9.29. The van der Waals surface area contributed by atoms with Gasteiger partial charge in [-0.05, 0) is 57.1 Å². The van der Waals surface area contributed by atoms with Crippen LogP contribution in [0.3, 0.4) is 0 Å². The molecule has 30 heavy (non-hydrogen) atoms. The molecule has 3 atom stereocenters. The van der Waals surface area contributed by atoms with E-state index in [1.165, 1.54) is 16.8 Å². The molecule has 2 aliphatic heterocycles. The molecule has 0 unspecified atom stereocenters. The van der Waals surface area contributed by atoms with Crippen molar-refractivity contribution in [1.29, 1.82) is 0 Å². The number of fused-ring (bicyclic) bond motifs is 1. The molecule has 0 saturated carbocycles. The highest BCUT2D eigenvalue weighted by atomic mass is 16.2. The lowest BCUT2D eigenvalue weighted by Crippen LogP contribution is -2.40. The molecule has 2 fully saturated rings. The zero-order chi connectivity index (χ0) is 21.3.